The maximum absolute atomic E-state index is 4.33. The fraction of sp³-hybridized carbons (Fsp3) is 0.750. The van der Waals surface area contributed by atoms with Crippen molar-refractivity contribution in [2.24, 2.45) is 5.41 Å². The van der Waals surface area contributed by atoms with Crippen LogP contribution in [0.2, 0.25) is 0 Å². The largest absolute Gasteiger partial charge is 0.269 e. The molecule has 1 aromatic heterocycles. The maximum Gasteiger partial charge on any atom is 0.0635 e. The van der Waals surface area contributed by atoms with E-state index in [1.165, 1.54) is 5.69 Å². The molecule has 92 valence electrons. The Kier molecular flexibility index (Phi) is 5.05. The molecule has 0 fully saturated rings. The molecule has 0 saturated carbocycles. The Labute approximate surface area is 115 Å². The topological polar surface area (TPSA) is 17.8 Å². The summed E-state index contributed by atoms with van der Waals surface area (Å²) in [4.78, 5) is 0.534. The van der Waals surface area contributed by atoms with Gasteiger partial charge in [-0.25, -0.2) is 0 Å². The second kappa shape index (κ2) is 5.67. The van der Waals surface area contributed by atoms with Crippen LogP contribution in [0.4, 0.5) is 0 Å². The Bertz CT molecular complexity index is 339. The van der Waals surface area contributed by atoms with Gasteiger partial charge in [0.1, 0.15) is 0 Å². The van der Waals surface area contributed by atoms with Crippen LogP contribution < -0.4 is 0 Å². The number of alkyl halides is 1. The van der Waals surface area contributed by atoms with Crippen LogP contribution in [0.5, 0.6) is 0 Å². The van der Waals surface area contributed by atoms with Crippen LogP contribution in [-0.2, 0) is 13.0 Å². The molecule has 0 aromatic carbocycles. The molecule has 4 heteroatoms. The molecule has 0 aliphatic rings. The van der Waals surface area contributed by atoms with Crippen molar-refractivity contribution in [1.29, 1.82) is 0 Å². The third-order valence-electron chi connectivity index (χ3n) is 2.77. The second-order valence-corrected chi connectivity index (χ2v) is 7.09. The summed E-state index contributed by atoms with van der Waals surface area (Å²) in [7, 11) is 0. The Morgan fingerprint density at radius 2 is 2.06 bits per heavy atom. The molecular formula is C12H20Br2N2. The van der Waals surface area contributed by atoms with Crippen LogP contribution in [0.1, 0.15) is 39.8 Å². The molecule has 1 unspecified atom stereocenters. The van der Waals surface area contributed by atoms with Gasteiger partial charge in [0.2, 0.25) is 0 Å². The van der Waals surface area contributed by atoms with Crippen molar-refractivity contribution in [3.63, 3.8) is 0 Å². The SMILES string of the molecule is CCn1ncc(Br)c1CCC(Br)C(C)(C)C. The lowest BCUT2D eigenvalue weighted by Crippen LogP contribution is -2.21. The standard InChI is InChI=1S/C12H20Br2N2/c1-5-16-10(9(13)8-15-16)6-7-11(14)12(2,3)4/h8,11H,5-7H2,1-4H3. The van der Waals surface area contributed by atoms with E-state index in [1.54, 1.807) is 0 Å². The van der Waals surface area contributed by atoms with Crippen LogP contribution >= 0.6 is 31.9 Å². The molecule has 0 aliphatic heterocycles. The zero-order valence-corrected chi connectivity index (χ0v) is 13.6. The molecule has 0 saturated heterocycles. The Hall–Kier alpha value is 0.170. The van der Waals surface area contributed by atoms with Gasteiger partial charge in [-0.05, 0) is 41.1 Å². The zero-order chi connectivity index (χ0) is 12.3. The summed E-state index contributed by atoms with van der Waals surface area (Å²) >= 11 is 7.33. The van der Waals surface area contributed by atoms with Gasteiger partial charge in [0.15, 0.2) is 0 Å². The molecule has 0 spiro atoms. The third-order valence-corrected chi connectivity index (χ3v) is 5.27. The third kappa shape index (κ3) is 3.59. The Morgan fingerprint density at radius 1 is 1.44 bits per heavy atom. The highest BCUT2D eigenvalue weighted by Crippen LogP contribution is 2.30. The lowest BCUT2D eigenvalue weighted by Gasteiger charge is -2.25. The van der Waals surface area contributed by atoms with Crippen LogP contribution in [-0.4, -0.2) is 14.6 Å². The van der Waals surface area contributed by atoms with Gasteiger partial charge < -0.3 is 0 Å². The van der Waals surface area contributed by atoms with Crippen molar-refractivity contribution in [2.75, 3.05) is 0 Å². The van der Waals surface area contributed by atoms with E-state index in [1.807, 2.05) is 6.20 Å². The number of aromatic nitrogens is 2. The molecule has 0 N–H and O–H groups in total. The van der Waals surface area contributed by atoms with E-state index in [0.717, 1.165) is 23.9 Å². The van der Waals surface area contributed by atoms with Crippen LogP contribution in [0.15, 0.2) is 10.7 Å². The molecule has 16 heavy (non-hydrogen) atoms. The quantitative estimate of drug-likeness (QED) is 0.734. The monoisotopic (exact) mass is 350 g/mol. The number of hydrogen-bond donors (Lipinski definition) is 0. The highest BCUT2D eigenvalue weighted by molar-refractivity contribution is 9.10. The van der Waals surface area contributed by atoms with Crippen LogP contribution in [0.25, 0.3) is 0 Å². The van der Waals surface area contributed by atoms with Gasteiger partial charge in [0, 0.05) is 11.4 Å². The van der Waals surface area contributed by atoms with Crippen LogP contribution in [0.3, 0.4) is 0 Å². The van der Waals surface area contributed by atoms with Gasteiger partial charge in [0.25, 0.3) is 0 Å². The molecule has 2 nitrogen and oxygen atoms in total. The number of hydrogen-bond acceptors (Lipinski definition) is 1. The predicted octanol–water partition coefficient (Wildman–Crippen LogP) is 4.41. The predicted molar refractivity (Wildman–Crippen MR) is 76.1 cm³/mol. The van der Waals surface area contributed by atoms with Gasteiger partial charge in [-0.1, -0.05) is 36.7 Å². The molecule has 0 radical (unpaired) electrons. The van der Waals surface area contributed by atoms with Crippen molar-refractivity contribution in [2.45, 2.75) is 51.9 Å². The minimum atomic E-state index is 0.309. The van der Waals surface area contributed by atoms with E-state index in [9.17, 15) is 0 Å². The summed E-state index contributed by atoms with van der Waals surface area (Å²) in [5.74, 6) is 0. The van der Waals surface area contributed by atoms with Crippen molar-refractivity contribution in [1.82, 2.24) is 9.78 Å². The van der Waals surface area contributed by atoms with Crippen LogP contribution in [0, 0.1) is 5.41 Å². The molecule has 0 bridgehead atoms. The average Bonchev–Trinajstić information content (AvgIpc) is 2.54. The molecule has 1 rings (SSSR count). The van der Waals surface area contributed by atoms with E-state index in [2.05, 4.69) is 69.3 Å². The van der Waals surface area contributed by atoms with Crippen molar-refractivity contribution in [3.8, 4) is 0 Å². The molecular weight excluding hydrogens is 332 g/mol. The Balaban J connectivity index is 2.64. The summed E-state index contributed by atoms with van der Waals surface area (Å²) < 4.78 is 3.19. The summed E-state index contributed by atoms with van der Waals surface area (Å²) in [6.07, 6.45) is 4.08. The van der Waals surface area contributed by atoms with Gasteiger partial charge in [0.05, 0.1) is 16.4 Å². The minimum absolute atomic E-state index is 0.309. The van der Waals surface area contributed by atoms with Crippen molar-refractivity contribution < 1.29 is 0 Å². The first-order chi connectivity index (χ1) is 7.36. The lowest BCUT2D eigenvalue weighted by molar-refractivity contribution is 0.383. The smallest absolute Gasteiger partial charge is 0.0635 e. The van der Waals surface area contributed by atoms with Gasteiger partial charge >= 0.3 is 0 Å². The second-order valence-electron chi connectivity index (χ2n) is 5.13. The van der Waals surface area contributed by atoms with Crippen molar-refractivity contribution >= 4 is 31.9 Å². The van der Waals surface area contributed by atoms with Gasteiger partial charge in [-0.15, -0.1) is 0 Å². The highest BCUT2D eigenvalue weighted by atomic mass is 79.9. The Morgan fingerprint density at radius 3 is 2.56 bits per heavy atom. The average molecular weight is 352 g/mol. The van der Waals surface area contributed by atoms with Gasteiger partial charge in [-0.2, -0.15) is 5.10 Å². The fourth-order valence-corrected chi connectivity index (χ4v) is 2.33. The van der Waals surface area contributed by atoms with Gasteiger partial charge in [-0.3, -0.25) is 4.68 Å². The van der Waals surface area contributed by atoms with E-state index in [4.69, 9.17) is 0 Å². The molecule has 0 amide bonds. The van der Waals surface area contributed by atoms with E-state index in [0.29, 0.717) is 10.2 Å². The summed E-state index contributed by atoms with van der Waals surface area (Å²) in [5, 5.41) is 4.33. The lowest BCUT2D eigenvalue weighted by atomic mass is 9.89. The molecule has 1 heterocycles. The van der Waals surface area contributed by atoms with E-state index >= 15 is 0 Å². The molecule has 0 aliphatic carbocycles. The maximum atomic E-state index is 4.33. The minimum Gasteiger partial charge on any atom is -0.269 e. The van der Waals surface area contributed by atoms with E-state index in [-0.39, 0.29) is 0 Å². The summed E-state index contributed by atoms with van der Waals surface area (Å²) in [5.41, 5.74) is 1.61. The summed E-state index contributed by atoms with van der Waals surface area (Å²) in [6.45, 7) is 9.84. The molecule has 1 atom stereocenters. The van der Waals surface area contributed by atoms with E-state index < -0.39 is 0 Å². The summed E-state index contributed by atoms with van der Waals surface area (Å²) in [6, 6.07) is 0. The highest BCUT2D eigenvalue weighted by Gasteiger charge is 2.22. The first-order valence-corrected chi connectivity index (χ1v) is 7.41. The number of rotatable bonds is 4. The molecule has 1 aromatic rings. The fourth-order valence-electron chi connectivity index (χ4n) is 1.61. The number of nitrogens with zero attached hydrogens (tertiary/aromatic N) is 2. The number of halogens is 2. The normalized spacial score (nSPS) is 14.1. The van der Waals surface area contributed by atoms with Crippen molar-refractivity contribution in [3.05, 3.63) is 16.4 Å². The number of aryl methyl sites for hydroxylation is 1. The zero-order valence-electron chi connectivity index (χ0n) is 10.4. The first kappa shape index (κ1) is 14.2. The first-order valence-electron chi connectivity index (χ1n) is 5.70.